The Morgan fingerprint density at radius 1 is 1.04 bits per heavy atom. The highest BCUT2D eigenvalue weighted by molar-refractivity contribution is 14.0. The predicted molar refractivity (Wildman–Crippen MR) is 120 cm³/mol. The Hall–Kier alpha value is -2.56. The van der Waals surface area contributed by atoms with Crippen LogP contribution in [0.4, 0.5) is 15.8 Å². The first-order chi connectivity index (χ1) is 13.0. The molecule has 3 N–H and O–H groups in total. The third-order valence-corrected chi connectivity index (χ3v) is 3.48. The van der Waals surface area contributed by atoms with Gasteiger partial charge in [0.05, 0.1) is 14.2 Å². The molecule has 0 atom stereocenters. The lowest BCUT2D eigenvalue weighted by Gasteiger charge is -2.13. The molecule has 9 heteroatoms. The minimum absolute atomic E-state index is 0. The van der Waals surface area contributed by atoms with Gasteiger partial charge in [0.1, 0.15) is 12.4 Å². The van der Waals surface area contributed by atoms with Crippen molar-refractivity contribution in [3.05, 3.63) is 48.3 Å². The maximum absolute atomic E-state index is 13.2. The number of hydrogen-bond donors (Lipinski definition) is 3. The second-order valence-electron chi connectivity index (χ2n) is 5.45. The third-order valence-electron chi connectivity index (χ3n) is 3.48. The summed E-state index contributed by atoms with van der Waals surface area (Å²) >= 11 is 0. The van der Waals surface area contributed by atoms with Crippen LogP contribution in [-0.4, -0.2) is 39.2 Å². The van der Waals surface area contributed by atoms with Gasteiger partial charge < -0.3 is 25.4 Å². The van der Waals surface area contributed by atoms with Crippen LogP contribution in [0.3, 0.4) is 0 Å². The van der Waals surface area contributed by atoms with Gasteiger partial charge in [-0.3, -0.25) is 4.79 Å². The lowest BCUT2D eigenvalue weighted by atomic mass is 10.3. The quantitative estimate of drug-likeness (QED) is 0.307. The van der Waals surface area contributed by atoms with Crippen LogP contribution in [0, 0.1) is 5.82 Å². The van der Waals surface area contributed by atoms with Crippen LogP contribution in [0.1, 0.15) is 6.92 Å². The van der Waals surface area contributed by atoms with E-state index in [0.717, 1.165) is 5.69 Å². The van der Waals surface area contributed by atoms with Crippen molar-refractivity contribution in [1.29, 1.82) is 0 Å². The molecule has 0 heterocycles. The SMILES string of the molecule is CCNC(=NCC(=O)Nc1cccc(F)c1)Nc1ccc(OC)c(OC)c1.I. The zero-order chi connectivity index (χ0) is 19.6. The Labute approximate surface area is 180 Å². The van der Waals surface area contributed by atoms with Gasteiger partial charge in [-0.1, -0.05) is 6.07 Å². The van der Waals surface area contributed by atoms with Crippen molar-refractivity contribution in [2.45, 2.75) is 6.92 Å². The number of rotatable bonds is 7. The summed E-state index contributed by atoms with van der Waals surface area (Å²) in [6.07, 6.45) is 0. The van der Waals surface area contributed by atoms with Crippen LogP contribution >= 0.6 is 24.0 Å². The summed E-state index contributed by atoms with van der Waals surface area (Å²) < 4.78 is 23.7. The minimum Gasteiger partial charge on any atom is -0.493 e. The molecule has 152 valence electrons. The Kier molecular flexibility index (Phi) is 10.1. The summed E-state index contributed by atoms with van der Waals surface area (Å²) in [5.74, 6) is 0.839. The molecule has 2 aromatic carbocycles. The molecule has 2 aromatic rings. The zero-order valence-electron chi connectivity index (χ0n) is 15.9. The predicted octanol–water partition coefficient (Wildman–Crippen LogP) is 3.48. The summed E-state index contributed by atoms with van der Waals surface area (Å²) in [5.41, 5.74) is 1.10. The van der Waals surface area contributed by atoms with Gasteiger partial charge in [-0.15, -0.1) is 24.0 Å². The number of nitrogens with zero attached hydrogens (tertiary/aromatic N) is 1. The Morgan fingerprint density at radius 2 is 1.75 bits per heavy atom. The van der Waals surface area contributed by atoms with E-state index in [1.165, 1.54) is 18.2 Å². The van der Waals surface area contributed by atoms with Crippen LogP contribution in [0.15, 0.2) is 47.5 Å². The molecule has 0 aromatic heterocycles. The van der Waals surface area contributed by atoms with Crippen molar-refractivity contribution < 1.29 is 18.7 Å². The largest absolute Gasteiger partial charge is 0.493 e. The minimum atomic E-state index is -0.417. The Morgan fingerprint density at radius 3 is 2.39 bits per heavy atom. The third kappa shape index (κ3) is 7.22. The molecule has 2 rings (SSSR count). The van der Waals surface area contributed by atoms with Crippen molar-refractivity contribution in [3.63, 3.8) is 0 Å². The second-order valence-corrected chi connectivity index (χ2v) is 5.45. The topological polar surface area (TPSA) is 84.0 Å². The number of methoxy groups -OCH3 is 2. The lowest BCUT2D eigenvalue weighted by Crippen LogP contribution is -2.31. The average molecular weight is 502 g/mol. The van der Waals surface area contributed by atoms with Crippen molar-refractivity contribution in [1.82, 2.24) is 5.32 Å². The average Bonchev–Trinajstić information content (AvgIpc) is 2.66. The van der Waals surface area contributed by atoms with E-state index in [1.807, 2.05) is 6.92 Å². The molecule has 7 nitrogen and oxygen atoms in total. The molecule has 0 fully saturated rings. The number of carbonyl (C=O) groups is 1. The molecule has 0 aliphatic heterocycles. The molecule has 1 amide bonds. The maximum atomic E-state index is 13.2. The fourth-order valence-electron chi connectivity index (χ4n) is 2.28. The number of hydrogen-bond acceptors (Lipinski definition) is 4. The fourth-order valence-corrected chi connectivity index (χ4v) is 2.28. The first kappa shape index (κ1) is 23.5. The number of benzene rings is 2. The van der Waals surface area contributed by atoms with Crippen LogP contribution in [-0.2, 0) is 4.79 Å². The highest BCUT2D eigenvalue weighted by Gasteiger charge is 2.07. The van der Waals surface area contributed by atoms with E-state index >= 15 is 0 Å². The summed E-state index contributed by atoms with van der Waals surface area (Å²) in [6, 6.07) is 11.0. The molecular formula is C19H24FIN4O3. The lowest BCUT2D eigenvalue weighted by molar-refractivity contribution is -0.114. The molecule has 0 radical (unpaired) electrons. The number of guanidine groups is 1. The van der Waals surface area contributed by atoms with Crippen molar-refractivity contribution in [2.75, 3.05) is 37.9 Å². The van der Waals surface area contributed by atoms with Gasteiger partial charge >= 0.3 is 0 Å². The van der Waals surface area contributed by atoms with Gasteiger partial charge in [-0.05, 0) is 37.3 Å². The maximum Gasteiger partial charge on any atom is 0.246 e. The van der Waals surface area contributed by atoms with Crippen LogP contribution < -0.4 is 25.4 Å². The van der Waals surface area contributed by atoms with E-state index in [-0.39, 0.29) is 36.4 Å². The highest BCUT2D eigenvalue weighted by atomic mass is 127. The van der Waals surface area contributed by atoms with Gasteiger partial charge in [-0.2, -0.15) is 0 Å². The van der Waals surface area contributed by atoms with Gasteiger partial charge in [-0.25, -0.2) is 9.38 Å². The number of halogens is 2. The van der Waals surface area contributed by atoms with E-state index in [4.69, 9.17) is 9.47 Å². The van der Waals surface area contributed by atoms with E-state index in [1.54, 1.807) is 38.5 Å². The first-order valence-electron chi connectivity index (χ1n) is 8.38. The number of carbonyl (C=O) groups excluding carboxylic acids is 1. The van der Waals surface area contributed by atoms with Gasteiger partial charge in [0.2, 0.25) is 5.91 Å². The fraction of sp³-hybridized carbons (Fsp3) is 0.263. The number of amides is 1. The van der Waals surface area contributed by atoms with Crippen LogP contribution in [0.2, 0.25) is 0 Å². The van der Waals surface area contributed by atoms with E-state index < -0.39 is 5.82 Å². The molecular weight excluding hydrogens is 478 g/mol. The molecule has 0 saturated heterocycles. The molecule has 0 bridgehead atoms. The summed E-state index contributed by atoms with van der Waals surface area (Å²) in [6.45, 7) is 2.41. The number of anilines is 2. The molecule has 0 unspecified atom stereocenters. The highest BCUT2D eigenvalue weighted by Crippen LogP contribution is 2.29. The van der Waals surface area contributed by atoms with Crippen molar-refractivity contribution in [3.8, 4) is 11.5 Å². The molecule has 0 saturated carbocycles. The summed E-state index contributed by atoms with van der Waals surface area (Å²) in [5, 5.41) is 8.75. The number of aliphatic imine (C=N–C) groups is 1. The number of ether oxygens (including phenoxy) is 2. The standard InChI is InChI=1S/C19H23FN4O3.HI/c1-4-21-19(24-15-8-9-16(26-2)17(11-15)27-3)22-12-18(25)23-14-7-5-6-13(20)10-14;/h5-11H,4,12H2,1-3H3,(H,23,25)(H2,21,22,24);1H. The summed E-state index contributed by atoms with van der Waals surface area (Å²) in [7, 11) is 3.12. The normalized spacial score (nSPS) is 10.5. The van der Waals surface area contributed by atoms with Gasteiger partial charge in [0.15, 0.2) is 17.5 Å². The first-order valence-corrected chi connectivity index (χ1v) is 8.38. The van der Waals surface area contributed by atoms with E-state index in [2.05, 4.69) is 20.9 Å². The summed E-state index contributed by atoms with van der Waals surface area (Å²) in [4.78, 5) is 16.3. The zero-order valence-corrected chi connectivity index (χ0v) is 18.2. The van der Waals surface area contributed by atoms with E-state index in [0.29, 0.717) is 29.7 Å². The number of nitrogens with one attached hydrogen (secondary N) is 3. The van der Waals surface area contributed by atoms with E-state index in [9.17, 15) is 9.18 Å². The second kappa shape index (κ2) is 12.0. The monoisotopic (exact) mass is 502 g/mol. The Bertz CT molecular complexity index is 818. The van der Waals surface area contributed by atoms with Crippen LogP contribution in [0.5, 0.6) is 11.5 Å². The smallest absolute Gasteiger partial charge is 0.246 e. The van der Waals surface area contributed by atoms with Gasteiger partial charge in [0.25, 0.3) is 0 Å². The van der Waals surface area contributed by atoms with Crippen molar-refractivity contribution in [2.24, 2.45) is 4.99 Å². The van der Waals surface area contributed by atoms with Crippen molar-refractivity contribution >= 4 is 47.2 Å². The van der Waals surface area contributed by atoms with Gasteiger partial charge in [0, 0.05) is 24.0 Å². The molecule has 0 aliphatic carbocycles. The molecule has 0 aliphatic rings. The molecule has 28 heavy (non-hydrogen) atoms. The molecule has 0 spiro atoms. The Balaban J connectivity index is 0.00000392. The van der Waals surface area contributed by atoms with Crippen LogP contribution in [0.25, 0.3) is 0 Å².